The zero-order chi connectivity index (χ0) is 13.3. The molecule has 0 amide bonds. The second-order valence-corrected chi connectivity index (χ2v) is 3.69. The Bertz CT molecular complexity index is 606. The van der Waals surface area contributed by atoms with E-state index >= 15 is 0 Å². The summed E-state index contributed by atoms with van der Waals surface area (Å²) in [4.78, 5) is 19.6. The maximum atomic E-state index is 11.6. The first-order chi connectivity index (χ1) is 8.58. The number of ether oxygens (including phenoxy) is 1. The Kier molecular flexibility index (Phi) is 3.14. The van der Waals surface area contributed by atoms with E-state index in [0.717, 1.165) is 0 Å². The summed E-state index contributed by atoms with van der Waals surface area (Å²) in [5.74, 6) is -1.12. The molecule has 7 nitrogen and oxygen atoms in total. The van der Waals surface area contributed by atoms with Crippen LogP contribution in [0.15, 0.2) is 0 Å². The van der Waals surface area contributed by atoms with Crippen molar-refractivity contribution in [3.8, 4) is 5.88 Å². The van der Waals surface area contributed by atoms with E-state index in [1.165, 1.54) is 0 Å². The Morgan fingerprint density at radius 3 is 2.72 bits per heavy atom. The number of aromatic hydroxyl groups is 1. The van der Waals surface area contributed by atoms with Crippen molar-refractivity contribution < 1.29 is 14.6 Å². The van der Waals surface area contributed by atoms with Gasteiger partial charge in [0, 0.05) is 6.54 Å². The average Bonchev–Trinajstić information content (AvgIpc) is 2.65. The molecule has 0 atom stereocenters. The van der Waals surface area contributed by atoms with Crippen LogP contribution in [0, 0.1) is 6.92 Å². The number of fused-ring (bicyclic) bond motifs is 1. The van der Waals surface area contributed by atoms with Crippen molar-refractivity contribution in [1.82, 2.24) is 19.7 Å². The van der Waals surface area contributed by atoms with Gasteiger partial charge in [-0.05, 0) is 20.8 Å². The van der Waals surface area contributed by atoms with Gasteiger partial charge in [-0.1, -0.05) is 0 Å². The van der Waals surface area contributed by atoms with Crippen LogP contribution in [0.3, 0.4) is 0 Å². The summed E-state index contributed by atoms with van der Waals surface area (Å²) in [7, 11) is 0. The van der Waals surface area contributed by atoms with Crippen LogP contribution < -0.4 is 0 Å². The van der Waals surface area contributed by atoms with Gasteiger partial charge in [0.2, 0.25) is 11.6 Å². The van der Waals surface area contributed by atoms with E-state index in [9.17, 15) is 9.90 Å². The molecular weight excluding hydrogens is 236 g/mol. The Morgan fingerprint density at radius 1 is 1.39 bits per heavy atom. The summed E-state index contributed by atoms with van der Waals surface area (Å²) in [5.41, 5.74) is 1.44. The number of hydrogen-bond donors (Lipinski definition) is 1. The van der Waals surface area contributed by atoms with Gasteiger partial charge in [0.15, 0.2) is 5.65 Å². The van der Waals surface area contributed by atoms with Crippen LogP contribution in [-0.2, 0) is 11.3 Å². The average molecular weight is 250 g/mol. The van der Waals surface area contributed by atoms with Crippen molar-refractivity contribution in [1.29, 1.82) is 0 Å². The Morgan fingerprint density at radius 2 is 2.11 bits per heavy atom. The number of rotatable bonds is 3. The summed E-state index contributed by atoms with van der Waals surface area (Å²) in [6.45, 7) is 6.18. The van der Waals surface area contributed by atoms with Crippen molar-refractivity contribution in [2.24, 2.45) is 0 Å². The van der Waals surface area contributed by atoms with Gasteiger partial charge < -0.3 is 9.84 Å². The molecule has 0 unspecified atom stereocenters. The van der Waals surface area contributed by atoms with Crippen LogP contribution in [-0.4, -0.2) is 37.4 Å². The first kappa shape index (κ1) is 12.3. The number of aromatic nitrogens is 4. The van der Waals surface area contributed by atoms with E-state index in [1.807, 2.05) is 6.92 Å². The minimum absolute atomic E-state index is 0.178. The quantitative estimate of drug-likeness (QED) is 0.818. The third-order valence-corrected chi connectivity index (χ3v) is 2.49. The lowest BCUT2D eigenvalue weighted by atomic mass is 10.3. The number of hydrogen-bond acceptors (Lipinski definition) is 6. The highest BCUT2D eigenvalue weighted by atomic mass is 16.5. The van der Waals surface area contributed by atoms with Crippen LogP contribution in [0.4, 0.5) is 0 Å². The second kappa shape index (κ2) is 4.59. The van der Waals surface area contributed by atoms with Crippen LogP contribution in [0.5, 0.6) is 5.88 Å². The Hall–Kier alpha value is -2.18. The summed E-state index contributed by atoms with van der Waals surface area (Å²) in [6, 6.07) is 0. The van der Waals surface area contributed by atoms with Gasteiger partial charge in [-0.25, -0.2) is 14.5 Å². The molecule has 0 radical (unpaired) electrons. The molecule has 2 heterocycles. The van der Waals surface area contributed by atoms with Gasteiger partial charge in [0.05, 0.1) is 12.3 Å². The Balaban J connectivity index is 2.61. The molecule has 0 spiro atoms. The van der Waals surface area contributed by atoms with E-state index in [4.69, 9.17) is 4.74 Å². The van der Waals surface area contributed by atoms with E-state index < -0.39 is 11.8 Å². The zero-order valence-electron chi connectivity index (χ0n) is 10.5. The van der Waals surface area contributed by atoms with Crippen molar-refractivity contribution >= 4 is 17.1 Å². The van der Waals surface area contributed by atoms with E-state index in [1.54, 1.807) is 18.5 Å². The summed E-state index contributed by atoms with van der Waals surface area (Å²) >= 11 is 0. The van der Waals surface area contributed by atoms with Crippen molar-refractivity contribution in [2.75, 3.05) is 6.61 Å². The molecule has 2 aromatic heterocycles. The highest BCUT2D eigenvalue weighted by molar-refractivity contribution is 5.92. The molecule has 96 valence electrons. The number of aryl methyl sites for hydroxylation is 2. The lowest BCUT2D eigenvalue weighted by molar-refractivity contribution is 0.0515. The molecule has 0 aliphatic rings. The fourth-order valence-electron chi connectivity index (χ4n) is 1.67. The predicted molar refractivity (Wildman–Crippen MR) is 63.4 cm³/mol. The van der Waals surface area contributed by atoms with Crippen molar-refractivity contribution in [3.05, 3.63) is 11.4 Å². The summed E-state index contributed by atoms with van der Waals surface area (Å²) < 4.78 is 6.42. The van der Waals surface area contributed by atoms with Gasteiger partial charge in [0.1, 0.15) is 5.52 Å². The summed E-state index contributed by atoms with van der Waals surface area (Å²) in [5, 5.41) is 13.9. The highest BCUT2D eigenvalue weighted by Gasteiger charge is 2.20. The highest BCUT2D eigenvalue weighted by Crippen LogP contribution is 2.20. The van der Waals surface area contributed by atoms with Gasteiger partial charge in [-0.15, -0.1) is 0 Å². The third-order valence-electron chi connectivity index (χ3n) is 2.49. The summed E-state index contributed by atoms with van der Waals surface area (Å²) in [6.07, 6.45) is 0. The molecule has 18 heavy (non-hydrogen) atoms. The molecule has 0 aromatic carbocycles. The first-order valence-corrected chi connectivity index (χ1v) is 5.69. The molecule has 2 aromatic rings. The normalized spacial score (nSPS) is 10.8. The smallest absolute Gasteiger partial charge is 0.362 e. The standard InChI is InChI=1S/C11H14N4O3/c1-4-15-9-7(6(3)14-15)12-8(10(16)13-9)11(17)18-5-2/h4-5H2,1-3H3,(H,13,16). The monoisotopic (exact) mass is 250 g/mol. The van der Waals surface area contributed by atoms with Crippen LogP contribution >= 0.6 is 0 Å². The SMILES string of the molecule is CCOC(=O)c1nc2c(C)nn(CC)c2nc1O. The minimum Gasteiger partial charge on any atom is -0.491 e. The molecule has 1 N–H and O–H groups in total. The predicted octanol–water partition coefficient (Wildman–Crippen LogP) is 1.04. The van der Waals surface area contributed by atoms with E-state index in [2.05, 4.69) is 15.1 Å². The van der Waals surface area contributed by atoms with Crippen molar-refractivity contribution in [3.63, 3.8) is 0 Å². The molecule has 0 saturated carbocycles. The molecule has 0 fully saturated rings. The first-order valence-electron chi connectivity index (χ1n) is 5.69. The van der Waals surface area contributed by atoms with Gasteiger partial charge in [-0.3, -0.25) is 0 Å². The number of nitrogens with zero attached hydrogens (tertiary/aromatic N) is 4. The molecule has 0 saturated heterocycles. The topological polar surface area (TPSA) is 90.1 Å². The fraction of sp³-hybridized carbons (Fsp3) is 0.455. The third kappa shape index (κ3) is 1.87. The van der Waals surface area contributed by atoms with Gasteiger partial charge >= 0.3 is 5.97 Å². The molecular formula is C11H14N4O3. The molecule has 7 heteroatoms. The molecule has 0 bridgehead atoms. The van der Waals surface area contributed by atoms with Crippen LogP contribution in [0.2, 0.25) is 0 Å². The van der Waals surface area contributed by atoms with E-state index in [-0.39, 0.29) is 12.3 Å². The van der Waals surface area contributed by atoms with Crippen LogP contribution in [0.25, 0.3) is 11.2 Å². The van der Waals surface area contributed by atoms with Crippen molar-refractivity contribution in [2.45, 2.75) is 27.3 Å². The second-order valence-electron chi connectivity index (χ2n) is 3.69. The van der Waals surface area contributed by atoms with Gasteiger partial charge in [0.25, 0.3) is 0 Å². The maximum Gasteiger partial charge on any atom is 0.362 e. The van der Waals surface area contributed by atoms with E-state index in [0.29, 0.717) is 23.4 Å². The van der Waals surface area contributed by atoms with Crippen LogP contribution in [0.1, 0.15) is 30.0 Å². The maximum absolute atomic E-state index is 11.6. The molecule has 0 aliphatic carbocycles. The lowest BCUT2D eigenvalue weighted by Crippen LogP contribution is -2.09. The molecule has 2 rings (SSSR count). The largest absolute Gasteiger partial charge is 0.491 e. The molecule has 0 aliphatic heterocycles. The Labute approximate surface area is 103 Å². The minimum atomic E-state index is -0.687. The lowest BCUT2D eigenvalue weighted by Gasteiger charge is -2.03. The number of carbonyl (C=O) groups is 1. The van der Waals surface area contributed by atoms with Gasteiger partial charge in [-0.2, -0.15) is 10.1 Å². The number of esters is 1. The zero-order valence-corrected chi connectivity index (χ0v) is 10.5. The number of carbonyl (C=O) groups excluding carboxylic acids is 1. The fourth-order valence-corrected chi connectivity index (χ4v) is 1.67.